The van der Waals surface area contributed by atoms with Crippen molar-refractivity contribution in [1.82, 2.24) is 14.6 Å². The maximum absolute atomic E-state index is 12.9. The van der Waals surface area contributed by atoms with Crippen LogP contribution in [0.3, 0.4) is 0 Å². The molecule has 1 atom stereocenters. The minimum atomic E-state index is -3.89. The normalized spacial score (nSPS) is 16.5. The van der Waals surface area contributed by atoms with Gasteiger partial charge in [-0.25, -0.2) is 13.4 Å². The van der Waals surface area contributed by atoms with E-state index in [1.54, 1.807) is 42.3 Å². The molecule has 4 rings (SSSR count). The third-order valence-corrected chi connectivity index (χ3v) is 6.71. The van der Waals surface area contributed by atoms with Crippen molar-refractivity contribution in [1.29, 1.82) is 5.26 Å². The molecule has 0 unspecified atom stereocenters. The first kappa shape index (κ1) is 20.8. The smallest absolute Gasteiger partial charge is 0.241 e. The Labute approximate surface area is 180 Å². The van der Waals surface area contributed by atoms with Crippen LogP contribution < -0.4 is 9.46 Å². The van der Waals surface area contributed by atoms with Crippen molar-refractivity contribution in [2.45, 2.75) is 23.9 Å². The number of carbonyl (C=O) groups is 1. The molecule has 8 nitrogen and oxygen atoms in total. The third kappa shape index (κ3) is 4.35. The Kier molecular flexibility index (Phi) is 5.59. The van der Waals surface area contributed by atoms with E-state index in [0.29, 0.717) is 25.3 Å². The van der Waals surface area contributed by atoms with E-state index < -0.39 is 16.1 Å². The van der Waals surface area contributed by atoms with E-state index in [-0.39, 0.29) is 16.5 Å². The number of pyridine rings is 1. The van der Waals surface area contributed by atoms with Crippen LogP contribution in [0.5, 0.6) is 5.75 Å². The Balaban J connectivity index is 1.50. The van der Waals surface area contributed by atoms with Crippen LogP contribution in [0.1, 0.15) is 17.7 Å². The lowest BCUT2D eigenvalue weighted by molar-refractivity contribution is -0.129. The Morgan fingerprint density at radius 2 is 2.00 bits per heavy atom. The van der Waals surface area contributed by atoms with Gasteiger partial charge in [0.25, 0.3) is 0 Å². The number of nitrogens with zero attached hydrogens (tertiary/aromatic N) is 3. The maximum atomic E-state index is 12.9. The van der Waals surface area contributed by atoms with Gasteiger partial charge in [-0.05, 0) is 59.2 Å². The molecule has 0 radical (unpaired) electrons. The summed E-state index contributed by atoms with van der Waals surface area (Å²) in [5.41, 5.74) is 1.04. The predicted molar refractivity (Wildman–Crippen MR) is 114 cm³/mol. The number of benzene rings is 2. The third-order valence-electron chi connectivity index (χ3n) is 5.24. The maximum Gasteiger partial charge on any atom is 0.241 e. The molecule has 2 heterocycles. The van der Waals surface area contributed by atoms with Crippen molar-refractivity contribution in [3.8, 4) is 11.8 Å². The van der Waals surface area contributed by atoms with Crippen molar-refractivity contribution in [2.24, 2.45) is 0 Å². The summed E-state index contributed by atoms with van der Waals surface area (Å²) < 4.78 is 33.6. The lowest BCUT2D eigenvalue weighted by Crippen LogP contribution is -2.41. The van der Waals surface area contributed by atoms with Gasteiger partial charge >= 0.3 is 0 Å². The molecule has 0 bridgehead atoms. The Bertz CT molecular complexity index is 1300. The number of methoxy groups -OCH3 is 1. The van der Waals surface area contributed by atoms with Gasteiger partial charge in [0, 0.05) is 19.3 Å². The molecule has 0 spiro atoms. The average molecular weight is 436 g/mol. The number of ether oxygens (including phenoxy) is 1. The first-order chi connectivity index (χ1) is 14.9. The summed E-state index contributed by atoms with van der Waals surface area (Å²) in [6.45, 7) is 0.717. The largest absolute Gasteiger partial charge is 0.497 e. The molecule has 1 aliphatic heterocycles. The number of nitriles is 1. The highest BCUT2D eigenvalue weighted by Crippen LogP contribution is 2.24. The summed E-state index contributed by atoms with van der Waals surface area (Å²) in [6.07, 6.45) is 1.89. The monoisotopic (exact) mass is 436 g/mol. The summed E-state index contributed by atoms with van der Waals surface area (Å²) >= 11 is 0. The highest BCUT2D eigenvalue weighted by atomic mass is 32.2. The number of likely N-dealkylation sites (tertiary alicyclic amines) is 1. The van der Waals surface area contributed by atoms with Gasteiger partial charge in [-0.15, -0.1) is 0 Å². The van der Waals surface area contributed by atoms with E-state index in [1.165, 1.54) is 12.3 Å². The van der Waals surface area contributed by atoms with Crippen LogP contribution in [0.2, 0.25) is 0 Å². The van der Waals surface area contributed by atoms with E-state index in [0.717, 1.165) is 16.3 Å². The van der Waals surface area contributed by atoms with Crippen LogP contribution in [0, 0.1) is 11.3 Å². The fraction of sp³-hybridized carbons (Fsp3) is 0.227. The second kappa shape index (κ2) is 8.34. The fourth-order valence-electron chi connectivity index (χ4n) is 3.61. The van der Waals surface area contributed by atoms with Crippen LogP contribution in [-0.4, -0.2) is 43.9 Å². The van der Waals surface area contributed by atoms with Gasteiger partial charge in [0.15, 0.2) is 0 Å². The minimum Gasteiger partial charge on any atom is -0.497 e. The zero-order valence-corrected chi connectivity index (χ0v) is 17.6. The molecule has 1 saturated heterocycles. The second-order valence-corrected chi connectivity index (χ2v) is 8.97. The molecule has 158 valence electrons. The van der Waals surface area contributed by atoms with E-state index in [2.05, 4.69) is 9.71 Å². The molecule has 1 fully saturated rings. The van der Waals surface area contributed by atoms with Crippen LogP contribution in [0.4, 0.5) is 0 Å². The summed E-state index contributed by atoms with van der Waals surface area (Å²) in [5, 5.41) is 10.6. The molecular weight excluding hydrogens is 416 g/mol. The number of sulfonamides is 1. The fourth-order valence-corrected chi connectivity index (χ4v) is 4.87. The van der Waals surface area contributed by atoms with Crippen LogP contribution in [0.25, 0.3) is 10.8 Å². The molecule has 0 aliphatic carbocycles. The lowest BCUT2D eigenvalue weighted by Gasteiger charge is -2.17. The van der Waals surface area contributed by atoms with Crippen molar-refractivity contribution < 1.29 is 17.9 Å². The van der Waals surface area contributed by atoms with E-state index >= 15 is 0 Å². The zero-order valence-electron chi connectivity index (χ0n) is 16.8. The average Bonchev–Trinajstić information content (AvgIpc) is 3.11. The van der Waals surface area contributed by atoms with Crippen molar-refractivity contribution in [2.75, 3.05) is 13.7 Å². The predicted octanol–water partition coefficient (Wildman–Crippen LogP) is 2.19. The Morgan fingerprint density at radius 1 is 1.19 bits per heavy atom. The number of fused-ring (bicyclic) bond motifs is 1. The molecule has 1 aromatic heterocycles. The Hall–Kier alpha value is -3.48. The van der Waals surface area contributed by atoms with Crippen molar-refractivity contribution in [3.63, 3.8) is 0 Å². The number of nitrogens with one attached hydrogen (secondary N) is 1. The summed E-state index contributed by atoms with van der Waals surface area (Å²) in [6, 6.07) is 14.7. The molecule has 0 saturated carbocycles. The van der Waals surface area contributed by atoms with Gasteiger partial charge in [0.1, 0.15) is 23.6 Å². The highest BCUT2D eigenvalue weighted by molar-refractivity contribution is 7.89. The molecule has 3 aromatic rings. The van der Waals surface area contributed by atoms with Crippen molar-refractivity contribution >= 4 is 26.7 Å². The summed E-state index contributed by atoms with van der Waals surface area (Å²) in [7, 11) is -2.34. The number of hydrogen-bond acceptors (Lipinski definition) is 6. The van der Waals surface area contributed by atoms with Crippen molar-refractivity contribution in [3.05, 3.63) is 66.0 Å². The van der Waals surface area contributed by atoms with E-state index in [9.17, 15) is 13.2 Å². The minimum absolute atomic E-state index is 0.0901. The van der Waals surface area contributed by atoms with Gasteiger partial charge < -0.3 is 9.64 Å². The van der Waals surface area contributed by atoms with Gasteiger partial charge in [0.2, 0.25) is 15.9 Å². The lowest BCUT2D eigenvalue weighted by atomic mass is 10.1. The van der Waals surface area contributed by atoms with Gasteiger partial charge in [-0.2, -0.15) is 9.98 Å². The summed E-state index contributed by atoms with van der Waals surface area (Å²) in [5.74, 6) is 0.341. The number of hydrogen-bond donors (Lipinski definition) is 1. The van der Waals surface area contributed by atoms with Gasteiger partial charge in [-0.1, -0.05) is 12.1 Å². The van der Waals surface area contributed by atoms with Crippen LogP contribution in [0.15, 0.2) is 59.6 Å². The molecule has 1 aliphatic rings. The molecule has 9 heteroatoms. The SMILES string of the molecule is COc1ccc2ccc(S(=O)(=O)N[C@H]3CCN(Cc4ccnc(C#N)c4)C3=O)cc2c1. The van der Waals surface area contributed by atoms with E-state index in [4.69, 9.17) is 10.00 Å². The molecular formula is C22H20N4O4S. The summed E-state index contributed by atoms with van der Waals surface area (Å²) in [4.78, 5) is 18.4. The zero-order chi connectivity index (χ0) is 22.0. The van der Waals surface area contributed by atoms with Gasteiger partial charge in [0.05, 0.1) is 12.0 Å². The molecule has 31 heavy (non-hydrogen) atoms. The van der Waals surface area contributed by atoms with Gasteiger partial charge in [-0.3, -0.25) is 4.79 Å². The number of rotatable bonds is 6. The first-order valence-electron chi connectivity index (χ1n) is 9.63. The number of aromatic nitrogens is 1. The molecule has 2 aromatic carbocycles. The number of carbonyl (C=O) groups excluding carboxylic acids is 1. The quantitative estimate of drug-likeness (QED) is 0.634. The van der Waals surface area contributed by atoms with Crippen LogP contribution in [-0.2, 0) is 21.4 Å². The molecule has 1 amide bonds. The molecule has 1 N–H and O–H groups in total. The first-order valence-corrected chi connectivity index (χ1v) is 11.1. The Morgan fingerprint density at radius 3 is 2.77 bits per heavy atom. The number of amides is 1. The van der Waals surface area contributed by atoms with Crippen LogP contribution >= 0.6 is 0 Å². The second-order valence-electron chi connectivity index (χ2n) is 7.26. The topological polar surface area (TPSA) is 112 Å². The highest BCUT2D eigenvalue weighted by Gasteiger charge is 2.35. The van der Waals surface area contributed by atoms with E-state index in [1.807, 2.05) is 18.2 Å². The standard InChI is InChI=1S/C22H20N4O4S/c1-30-19-4-2-16-3-5-20(12-17(16)11-19)31(28,29)25-21-7-9-26(22(21)27)14-15-6-8-24-18(10-15)13-23/h2-6,8,10-12,21,25H,7,9,14H2,1H3/t21-/m0/s1.